The van der Waals surface area contributed by atoms with Crippen LogP contribution in [0, 0.1) is 0 Å². The van der Waals surface area contributed by atoms with Crippen LogP contribution in [0.4, 0.5) is 0 Å². The van der Waals surface area contributed by atoms with Gasteiger partial charge in [-0.3, -0.25) is 0 Å². The molecule has 2 atom stereocenters. The van der Waals surface area contributed by atoms with E-state index in [-0.39, 0.29) is 6.10 Å². The fraction of sp³-hybridized carbons (Fsp3) is 0.778. The second kappa shape index (κ2) is 3.88. The molecule has 11 heavy (non-hydrogen) atoms. The van der Waals surface area contributed by atoms with E-state index in [1.54, 1.807) is 6.08 Å². The molecule has 1 saturated heterocycles. The van der Waals surface area contributed by atoms with E-state index in [1.807, 2.05) is 0 Å². The molecule has 0 aliphatic carbocycles. The smallest absolute Gasteiger partial charge is 0.0733 e. The Morgan fingerprint density at radius 3 is 3.00 bits per heavy atom. The number of hydrogen-bond donors (Lipinski definition) is 1. The van der Waals surface area contributed by atoms with Gasteiger partial charge in [-0.25, -0.2) is 0 Å². The fourth-order valence-electron chi connectivity index (χ4n) is 1.65. The number of aliphatic hydroxyl groups excluding tert-OH is 1. The Hall–Kier alpha value is -0.340. The summed E-state index contributed by atoms with van der Waals surface area (Å²) in [4.78, 5) is 2.31. The van der Waals surface area contributed by atoms with E-state index in [4.69, 9.17) is 0 Å². The molecule has 1 heterocycles. The van der Waals surface area contributed by atoms with Gasteiger partial charge in [-0.1, -0.05) is 6.08 Å². The summed E-state index contributed by atoms with van der Waals surface area (Å²) in [5, 5.41) is 9.29. The number of nitrogens with zero attached hydrogens (tertiary/aromatic N) is 1. The van der Waals surface area contributed by atoms with Crippen molar-refractivity contribution in [1.29, 1.82) is 0 Å². The lowest BCUT2D eigenvalue weighted by Gasteiger charge is -2.20. The van der Waals surface area contributed by atoms with Crippen LogP contribution in [0.25, 0.3) is 0 Å². The molecular formula is C9H17NO. The SMILES string of the molecule is C=CC(O)CC1CCCN1C. The van der Waals surface area contributed by atoms with Gasteiger partial charge in [0, 0.05) is 6.04 Å². The molecule has 0 amide bonds. The molecule has 1 rings (SSSR count). The van der Waals surface area contributed by atoms with Gasteiger partial charge in [0.1, 0.15) is 0 Å². The molecule has 0 bridgehead atoms. The van der Waals surface area contributed by atoms with Crippen LogP contribution in [0.1, 0.15) is 19.3 Å². The first kappa shape index (κ1) is 8.75. The van der Waals surface area contributed by atoms with Crippen molar-refractivity contribution in [2.45, 2.75) is 31.4 Å². The van der Waals surface area contributed by atoms with Gasteiger partial charge in [0.05, 0.1) is 6.10 Å². The quantitative estimate of drug-likeness (QED) is 0.615. The Morgan fingerprint density at radius 1 is 1.82 bits per heavy atom. The summed E-state index contributed by atoms with van der Waals surface area (Å²) in [7, 11) is 2.12. The molecule has 1 aliphatic heterocycles. The van der Waals surface area contributed by atoms with Crippen molar-refractivity contribution in [1.82, 2.24) is 4.90 Å². The standard InChI is InChI=1S/C9H17NO/c1-3-9(11)7-8-5-4-6-10(8)2/h3,8-9,11H,1,4-7H2,2H3. The van der Waals surface area contributed by atoms with Gasteiger partial charge in [-0.05, 0) is 32.9 Å². The first-order valence-corrected chi connectivity index (χ1v) is 4.25. The Kier molecular flexibility index (Phi) is 3.09. The second-order valence-corrected chi connectivity index (χ2v) is 3.32. The van der Waals surface area contributed by atoms with Crippen LogP contribution in [0.15, 0.2) is 12.7 Å². The van der Waals surface area contributed by atoms with E-state index in [2.05, 4.69) is 18.5 Å². The third-order valence-electron chi connectivity index (χ3n) is 2.46. The van der Waals surface area contributed by atoms with Crippen molar-refractivity contribution < 1.29 is 5.11 Å². The number of hydrogen-bond acceptors (Lipinski definition) is 2. The Balaban J connectivity index is 2.30. The van der Waals surface area contributed by atoms with Crippen LogP contribution >= 0.6 is 0 Å². The zero-order valence-corrected chi connectivity index (χ0v) is 7.16. The van der Waals surface area contributed by atoms with Gasteiger partial charge >= 0.3 is 0 Å². The van der Waals surface area contributed by atoms with Crippen LogP contribution in [0.2, 0.25) is 0 Å². The predicted molar refractivity (Wildman–Crippen MR) is 46.5 cm³/mol. The van der Waals surface area contributed by atoms with Gasteiger partial charge < -0.3 is 10.0 Å². The number of likely N-dealkylation sites (tertiary alicyclic amines) is 1. The maximum absolute atomic E-state index is 9.29. The lowest BCUT2D eigenvalue weighted by molar-refractivity contribution is 0.167. The molecular weight excluding hydrogens is 138 g/mol. The highest BCUT2D eigenvalue weighted by Crippen LogP contribution is 2.19. The summed E-state index contributed by atoms with van der Waals surface area (Å²) in [6.07, 6.45) is 4.64. The Labute approximate surface area is 68.5 Å². The van der Waals surface area contributed by atoms with Crippen LogP contribution in [-0.2, 0) is 0 Å². The van der Waals surface area contributed by atoms with E-state index in [9.17, 15) is 5.11 Å². The van der Waals surface area contributed by atoms with Crippen LogP contribution in [0.3, 0.4) is 0 Å². The maximum Gasteiger partial charge on any atom is 0.0733 e. The van der Waals surface area contributed by atoms with E-state index in [0.717, 1.165) is 6.42 Å². The predicted octanol–water partition coefficient (Wildman–Crippen LogP) is 1.02. The fourth-order valence-corrected chi connectivity index (χ4v) is 1.65. The molecule has 0 aromatic carbocycles. The minimum atomic E-state index is -0.319. The third kappa shape index (κ3) is 2.31. The first-order valence-electron chi connectivity index (χ1n) is 4.25. The molecule has 64 valence electrons. The largest absolute Gasteiger partial charge is 0.389 e. The van der Waals surface area contributed by atoms with Crippen molar-refractivity contribution >= 4 is 0 Å². The van der Waals surface area contributed by atoms with E-state index < -0.39 is 0 Å². The van der Waals surface area contributed by atoms with Gasteiger partial charge in [0.25, 0.3) is 0 Å². The lowest BCUT2D eigenvalue weighted by Crippen LogP contribution is -2.28. The van der Waals surface area contributed by atoms with Crippen LogP contribution in [-0.4, -0.2) is 35.7 Å². The Bertz CT molecular complexity index is 136. The minimum Gasteiger partial charge on any atom is -0.389 e. The topological polar surface area (TPSA) is 23.5 Å². The molecule has 2 unspecified atom stereocenters. The average molecular weight is 155 g/mol. The molecule has 2 heteroatoms. The lowest BCUT2D eigenvalue weighted by atomic mass is 10.1. The normalized spacial score (nSPS) is 28.7. The highest BCUT2D eigenvalue weighted by Gasteiger charge is 2.22. The molecule has 0 spiro atoms. The van der Waals surface area contributed by atoms with E-state index in [1.165, 1.54) is 19.4 Å². The van der Waals surface area contributed by atoms with Gasteiger partial charge in [0.2, 0.25) is 0 Å². The number of rotatable bonds is 3. The van der Waals surface area contributed by atoms with E-state index in [0.29, 0.717) is 6.04 Å². The summed E-state index contributed by atoms with van der Waals surface area (Å²) >= 11 is 0. The molecule has 1 fully saturated rings. The molecule has 0 aromatic heterocycles. The second-order valence-electron chi connectivity index (χ2n) is 3.32. The molecule has 1 N–H and O–H groups in total. The molecule has 0 radical (unpaired) electrons. The highest BCUT2D eigenvalue weighted by molar-refractivity contribution is 4.85. The summed E-state index contributed by atoms with van der Waals surface area (Å²) in [6, 6.07) is 0.572. The maximum atomic E-state index is 9.29. The van der Waals surface area contributed by atoms with Crippen molar-refractivity contribution in [3.05, 3.63) is 12.7 Å². The van der Waals surface area contributed by atoms with Gasteiger partial charge in [-0.2, -0.15) is 0 Å². The van der Waals surface area contributed by atoms with Crippen LogP contribution in [0.5, 0.6) is 0 Å². The zero-order valence-electron chi connectivity index (χ0n) is 7.16. The van der Waals surface area contributed by atoms with Crippen molar-refractivity contribution in [2.75, 3.05) is 13.6 Å². The highest BCUT2D eigenvalue weighted by atomic mass is 16.3. The van der Waals surface area contributed by atoms with Crippen molar-refractivity contribution in [2.24, 2.45) is 0 Å². The van der Waals surface area contributed by atoms with Crippen molar-refractivity contribution in [3.63, 3.8) is 0 Å². The summed E-state index contributed by atoms with van der Waals surface area (Å²) < 4.78 is 0. The molecule has 2 nitrogen and oxygen atoms in total. The summed E-state index contributed by atoms with van der Waals surface area (Å²) in [5.41, 5.74) is 0. The summed E-state index contributed by atoms with van der Waals surface area (Å²) in [5.74, 6) is 0. The average Bonchev–Trinajstić information content (AvgIpc) is 2.37. The molecule has 1 aliphatic rings. The monoisotopic (exact) mass is 155 g/mol. The van der Waals surface area contributed by atoms with Gasteiger partial charge in [0.15, 0.2) is 0 Å². The minimum absolute atomic E-state index is 0.319. The van der Waals surface area contributed by atoms with Crippen LogP contribution < -0.4 is 0 Å². The Morgan fingerprint density at radius 2 is 2.55 bits per heavy atom. The van der Waals surface area contributed by atoms with Gasteiger partial charge in [-0.15, -0.1) is 6.58 Å². The molecule has 0 saturated carbocycles. The molecule has 0 aromatic rings. The number of aliphatic hydroxyl groups is 1. The van der Waals surface area contributed by atoms with E-state index >= 15 is 0 Å². The first-order chi connectivity index (χ1) is 5.24. The third-order valence-corrected chi connectivity index (χ3v) is 2.46. The summed E-state index contributed by atoms with van der Waals surface area (Å²) in [6.45, 7) is 4.73. The van der Waals surface area contributed by atoms with Crippen molar-refractivity contribution in [3.8, 4) is 0 Å². The zero-order chi connectivity index (χ0) is 8.27.